The maximum absolute atomic E-state index is 12.2. The maximum Gasteiger partial charge on any atom is 0.306 e. The third-order valence-corrected chi connectivity index (χ3v) is 9.76. The van der Waals surface area contributed by atoms with Crippen molar-refractivity contribution in [3.05, 3.63) is 0 Å². The van der Waals surface area contributed by atoms with Crippen LogP contribution >= 0.6 is 0 Å². The lowest BCUT2D eigenvalue weighted by atomic mass is 10.0. The summed E-state index contributed by atoms with van der Waals surface area (Å²) in [5, 5.41) is 9.56. The van der Waals surface area contributed by atoms with Gasteiger partial charge in [-0.15, -0.1) is 0 Å². The summed E-state index contributed by atoms with van der Waals surface area (Å²) >= 11 is 0. The van der Waals surface area contributed by atoms with Crippen LogP contribution in [0.3, 0.4) is 0 Å². The number of hydrogen-bond acceptors (Lipinski definition) is 5. The molecule has 0 saturated carbocycles. The molecule has 0 aliphatic heterocycles. The van der Waals surface area contributed by atoms with E-state index >= 15 is 0 Å². The van der Waals surface area contributed by atoms with Crippen molar-refractivity contribution in [2.75, 3.05) is 13.2 Å². The standard InChI is InChI=1S/C43H84O5/c1-39(2)33-29-25-21-17-13-11-9-7-5-6-8-10-12-14-19-23-27-31-35-42(45)47-38-41(37-44)48-43(46)36-32-28-24-20-16-15-18-22-26-30-34-40(3)4/h39-41,44H,5-38H2,1-4H3/t41-/m0/s1. The molecular formula is C43H84O5. The van der Waals surface area contributed by atoms with Crippen LogP contribution < -0.4 is 0 Å². The van der Waals surface area contributed by atoms with Crippen LogP contribution in [0.4, 0.5) is 0 Å². The van der Waals surface area contributed by atoms with E-state index in [-0.39, 0.29) is 25.2 Å². The first-order valence-electron chi connectivity index (χ1n) is 21.3. The van der Waals surface area contributed by atoms with Gasteiger partial charge in [-0.25, -0.2) is 0 Å². The van der Waals surface area contributed by atoms with Crippen LogP contribution in [0.25, 0.3) is 0 Å². The smallest absolute Gasteiger partial charge is 0.306 e. The molecule has 0 radical (unpaired) electrons. The van der Waals surface area contributed by atoms with Gasteiger partial charge in [-0.2, -0.15) is 0 Å². The van der Waals surface area contributed by atoms with E-state index in [0.29, 0.717) is 12.8 Å². The number of carbonyl (C=O) groups excluding carboxylic acids is 2. The van der Waals surface area contributed by atoms with Gasteiger partial charge in [0.05, 0.1) is 6.61 Å². The second-order valence-corrected chi connectivity index (χ2v) is 15.7. The summed E-state index contributed by atoms with van der Waals surface area (Å²) in [5.41, 5.74) is 0. The lowest BCUT2D eigenvalue weighted by molar-refractivity contribution is -0.161. The highest BCUT2D eigenvalue weighted by Crippen LogP contribution is 2.17. The molecule has 0 bridgehead atoms. The Bertz CT molecular complexity index is 676. The normalized spacial score (nSPS) is 12.2. The van der Waals surface area contributed by atoms with Crippen molar-refractivity contribution >= 4 is 11.9 Å². The van der Waals surface area contributed by atoms with E-state index in [1.165, 1.54) is 161 Å². The van der Waals surface area contributed by atoms with Crippen molar-refractivity contribution in [1.82, 2.24) is 0 Å². The molecule has 0 saturated heterocycles. The minimum Gasteiger partial charge on any atom is -0.462 e. The highest BCUT2D eigenvalue weighted by Gasteiger charge is 2.16. The predicted octanol–water partition coefficient (Wildman–Crippen LogP) is 13.2. The molecule has 5 nitrogen and oxygen atoms in total. The minimum atomic E-state index is -0.763. The molecule has 48 heavy (non-hydrogen) atoms. The quantitative estimate of drug-likeness (QED) is 0.0519. The van der Waals surface area contributed by atoms with Gasteiger partial charge in [0.2, 0.25) is 0 Å². The Kier molecular flexibility index (Phi) is 36.3. The number of hydrogen-bond donors (Lipinski definition) is 1. The fraction of sp³-hybridized carbons (Fsp3) is 0.953. The monoisotopic (exact) mass is 681 g/mol. The van der Waals surface area contributed by atoms with Gasteiger partial charge in [-0.05, 0) is 24.7 Å². The third kappa shape index (κ3) is 37.7. The zero-order valence-electron chi connectivity index (χ0n) is 32.9. The molecule has 1 atom stereocenters. The molecule has 0 fully saturated rings. The number of rotatable bonds is 38. The van der Waals surface area contributed by atoms with Crippen LogP contribution in [0.1, 0.15) is 233 Å². The largest absolute Gasteiger partial charge is 0.462 e. The molecule has 5 heteroatoms. The molecule has 286 valence electrons. The lowest BCUT2D eigenvalue weighted by Gasteiger charge is -2.15. The van der Waals surface area contributed by atoms with Crippen LogP contribution in [0.15, 0.2) is 0 Å². The average molecular weight is 681 g/mol. The molecule has 0 spiro atoms. The van der Waals surface area contributed by atoms with Gasteiger partial charge in [0.1, 0.15) is 6.61 Å². The van der Waals surface area contributed by atoms with Crippen LogP contribution in [0.5, 0.6) is 0 Å². The van der Waals surface area contributed by atoms with E-state index in [9.17, 15) is 14.7 Å². The van der Waals surface area contributed by atoms with Gasteiger partial charge in [0, 0.05) is 12.8 Å². The Morgan fingerprint density at radius 1 is 0.417 bits per heavy atom. The molecule has 0 aromatic rings. The summed E-state index contributed by atoms with van der Waals surface area (Å²) in [6.07, 6.45) is 38.9. The van der Waals surface area contributed by atoms with Crippen LogP contribution in [0.2, 0.25) is 0 Å². The summed E-state index contributed by atoms with van der Waals surface area (Å²) in [7, 11) is 0. The van der Waals surface area contributed by atoms with Gasteiger partial charge in [0.15, 0.2) is 6.10 Å². The van der Waals surface area contributed by atoms with Crippen LogP contribution in [-0.4, -0.2) is 36.4 Å². The topological polar surface area (TPSA) is 72.8 Å². The number of ether oxygens (including phenoxy) is 2. The van der Waals surface area contributed by atoms with Crippen molar-refractivity contribution in [3.63, 3.8) is 0 Å². The summed E-state index contributed by atoms with van der Waals surface area (Å²) in [5.74, 6) is 1.11. The van der Waals surface area contributed by atoms with Gasteiger partial charge in [0.25, 0.3) is 0 Å². The molecule has 0 amide bonds. The second-order valence-electron chi connectivity index (χ2n) is 15.7. The summed E-state index contributed by atoms with van der Waals surface area (Å²) in [4.78, 5) is 24.3. The van der Waals surface area contributed by atoms with Gasteiger partial charge in [-0.3, -0.25) is 9.59 Å². The van der Waals surface area contributed by atoms with E-state index in [2.05, 4.69) is 27.7 Å². The Morgan fingerprint density at radius 2 is 0.688 bits per heavy atom. The first-order valence-corrected chi connectivity index (χ1v) is 21.3. The maximum atomic E-state index is 12.2. The number of aliphatic hydroxyl groups excluding tert-OH is 1. The highest BCUT2D eigenvalue weighted by molar-refractivity contribution is 5.70. The molecule has 0 aliphatic rings. The summed E-state index contributed by atoms with van der Waals surface area (Å²) < 4.78 is 10.6. The molecule has 0 aliphatic carbocycles. The fourth-order valence-corrected chi connectivity index (χ4v) is 6.51. The summed E-state index contributed by atoms with van der Waals surface area (Å²) in [6, 6.07) is 0. The van der Waals surface area contributed by atoms with Crippen LogP contribution in [0, 0.1) is 11.8 Å². The van der Waals surface area contributed by atoms with Crippen molar-refractivity contribution < 1.29 is 24.2 Å². The van der Waals surface area contributed by atoms with Crippen molar-refractivity contribution in [3.8, 4) is 0 Å². The zero-order valence-corrected chi connectivity index (χ0v) is 32.9. The predicted molar refractivity (Wildman–Crippen MR) is 205 cm³/mol. The van der Waals surface area contributed by atoms with Crippen LogP contribution in [-0.2, 0) is 19.1 Å². The molecule has 0 aromatic heterocycles. The number of aliphatic hydroxyl groups is 1. The first kappa shape index (κ1) is 46.9. The van der Waals surface area contributed by atoms with Gasteiger partial charge in [-0.1, -0.05) is 207 Å². The number of carbonyl (C=O) groups is 2. The average Bonchev–Trinajstić information content (AvgIpc) is 3.05. The van der Waals surface area contributed by atoms with Gasteiger partial charge >= 0.3 is 11.9 Å². The minimum absolute atomic E-state index is 0.0583. The van der Waals surface area contributed by atoms with E-state index < -0.39 is 6.10 Å². The SMILES string of the molecule is CC(C)CCCCCCCCCCCCCCCCCCCCC(=O)OC[C@H](CO)OC(=O)CCCCCCCCCCCCC(C)C. The fourth-order valence-electron chi connectivity index (χ4n) is 6.51. The van der Waals surface area contributed by atoms with E-state index in [0.717, 1.165) is 43.9 Å². The lowest BCUT2D eigenvalue weighted by Crippen LogP contribution is -2.28. The van der Waals surface area contributed by atoms with Gasteiger partial charge < -0.3 is 14.6 Å². The third-order valence-electron chi connectivity index (χ3n) is 9.76. The number of esters is 2. The molecule has 0 unspecified atom stereocenters. The Balaban J connectivity index is 3.46. The molecule has 0 rings (SSSR count). The molecule has 1 N–H and O–H groups in total. The van der Waals surface area contributed by atoms with Crippen molar-refractivity contribution in [2.24, 2.45) is 11.8 Å². The Morgan fingerprint density at radius 3 is 0.979 bits per heavy atom. The first-order chi connectivity index (χ1) is 23.3. The second kappa shape index (κ2) is 37.2. The summed E-state index contributed by atoms with van der Waals surface area (Å²) in [6.45, 7) is 8.87. The van der Waals surface area contributed by atoms with Crippen molar-refractivity contribution in [1.29, 1.82) is 0 Å². The Hall–Kier alpha value is -1.10. The zero-order chi connectivity index (χ0) is 35.3. The van der Waals surface area contributed by atoms with E-state index in [1.54, 1.807) is 0 Å². The molecule has 0 aromatic carbocycles. The number of unbranched alkanes of at least 4 members (excludes halogenated alkanes) is 26. The Labute approximate surface area is 299 Å². The highest BCUT2D eigenvalue weighted by atomic mass is 16.6. The molecule has 0 heterocycles. The molecular weight excluding hydrogens is 596 g/mol. The van der Waals surface area contributed by atoms with E-state index in [4.69, 9.17) is 9.47 Å². The van der Waals surface area contributed by atoms with E-state index in [1.807, 2.05) is 0 Å². The van der Waals surface area contributed by atoms with Crippen molar-refractivity contribution in [2.45, 2.75) is 239 Å².